The number of nitrogens with zero attached hydrogens (tertiary/aromatic N) is 2. The Kier molecular flexibility index (Phi) is 7.79. The lowest BCUT2D eigenvalue weighted by Crippen LogP contribution is -2.30. The standard InChI is InChI=1S/C35H26ClN3O3/c36-28-15-11-25(12-16-28)33-32(24-7-3-1-4-8-24)23-39(38-33)35(41)37-29-17-21-31(22-18-29)42-30-19-13-27(14-20-30)34(40)26-9-5-2-6-10-26/h1-22,32H,23H2,(H,37,41). The lowest BCUT2D eigenvalue weighted by atomic mass is 9.91. The Bertz CT molecular complexity index is 1720. The van der Waals surface area contributed by atoms with Gasteiger partial charge in [0.15, 0.2) is 5.78 Å². The summed E-state index contributed by atoms with van der Waals surface area (Å²) in [5.41, 5.74) is 4.66. The number of benzene rings is 5. The van der Waals surface area contributed by atoms with Crippen LogP contribution in [0.5, 0.6) is 11.5 Å². The monoisotopic (exact) mass is 571 g/mol. The van der Waals surface area contributed by atoms with Crippen molar-refractivity contribution in [3.8, 4) is 11.5 Å². The van der Waals surface area contributed by atoms with Crippen LogP contribution in [0.2, 0.25) is 5.02 Å². The van der Waals surface area contributed by atoms with Crippen LogP contribution in [0.15, 0.2) is 139 Å². The summed E-state index contributed by atoms with van der Waals surface area (Å²) in [7, 11) is 0. The van der Waals surface area contributed by atoms with E-state index in [-0.39, 0.29) is 17.7 Å². The molecule has 0 bridgehead atoms. The van der Waals surface area contributed by atoms with Crippen LogP contribution >= 0.6 is 11.6 Å². The zero-order chi connectivity index (χ0) is 28.9. The summed E-state index contributed by atoms with van der Waals surface area (Å²) in [4.78, 5) is 25.9. The fourth-order valence-corrected chi connectivity index (χ4v) is 4.94. The van der Waals surface area contributed by atoms with Gasteiger partial charge < -0.3 is 10.1 Å². The van der Waals surface area contributed by atoms with Crippen LogP contribution in [0.4, 0.5) is 10.5 Å². The van der Waals surface area contributed by atoms with Crippen molar-refractivity contribution in [2.24, 2.45) is 5.10 Å². The molecular weight excluding hydrogens is 546 g/mol. The smallest absolute Gasteiger partial charge is 0.342 e. The summed E-state index contributed by atoms with van der Waals surface area (Å²) >= 11 is 6.10. The zero-order valence-electron chi connectivity index (χ0n) is 22.5. The molecule has 2 amide bonds. The largest absolute Gasteiger partial charge is 0.457 e. The maximum absolute atomic E-state index is 13.2. The molecule has 42 heavy (non-hydrogen) atoms. The molecule has 0 spiro atoms. The fourth-order valence-electron chi connectivity index (χ4n) is 4.82. The number of halogens is 1. The first kappa shape index (κ1) is 27.0. The number of ketones is 1. The Balaban J connectivity index is 1.11. The minimum Gasteiger partial charge on any atom is -0.457 e. The van der Waals surface area contributed by atoms with Gasteiger partial charge in [-0.3, -0.25) is 4.79 Å². The number of hydrogen-bond donors (Lipinski definition) is 1. The number of urea groups is 1. The molecule has 1 atom stereocenters. The highest BCUT2D eigenvalue weighted by atomic mass is 35.5. The number of hydrazone groups is 1. The van der Waals surface area contributed by atoms with Crippen molar-refractivity contribution in [1.29, 1.82) is 0 Å². The molecule has 206 valence electrons. The molecule has 5 aromatic rings. The highest BCUT2D eigenvalue weighted by Crippen LogP contribution is 2.30. The maximum Gasteiger partial charge on any atom is 0.342 e. The van der Waals surface area contributed by atoms with E-state index in [4.69, 9.17) is 21.4 Å². The number of rotatable bonds is 7. The van der Waals surface area contributed by atoms with Gasteiger partial charge in [0.25, 0.3) is 0 Å². The summed E-state index contributed by atoms with van der Waals surface area (Å²) in [5.74, 6) is 1.09. The molecule has 0 radical (unpaired) electrons. The van der Waals surface area contributed by atoms with E-state index < -0.39 is 0 Å². The van der Waals surface area contributed by atoms with Crippen LogP contribution in [0.25, 0.3) is 0 Å². The number of amides is 2. The predicted molar refractivity (Wildman–Crippen MR) is 166 cm³/mol. The summed E-state index contributed by atoms with van der Waals surface area (Å²) in [6.45, 7) is 0.414. The van der Waals surface area contributed by atoms with Gasteiger partial charge in [-0.05, 0) is 71.8 Å². The first-order valence-corrected chi connectivity index (χ1v) is 13.9. The van der Waals surface area contributed by atoms with Crippen molar-refractivity contribution in [1.82, 2.24) is 5.01 Å². The van der Waals surface area contributed by atoms with Crippen LogP contribution < -0.4 is 10.1 Å². The zero-order valence-corrected chi connectivity index (χ0v) is 23.2. The topological polar surface area (TPSA) is 71.0 Å². The van der Waals surface area contributed by atoms with E-state index >= 15 is 0 Å². The molecule has 6 nitrogen and oxygen atoms in total. The molecule has 5 aromatic carbocycles. The normalized spacial score (nSPS) is 14.3. The van der Waals surface area contributed by atoms with Crippen LogP contribution in [0.1, 0.15) is 33.0 Å². The highest BCUT2D eigenvalue weighted by Gasteiger charge is 2.32. The third kappa shape index (κ3) is 6.09. The molecule has 1 heterocycles. The first-order valence-electron chi connectivity index (χ1n) is 13.5. The average Bonchev–Trinajstić information content (AvgIpc) is 3.49. The Morgan fingerprint density at radius 1 is 0.714 bits per heavy atom. The van der Waals surface area contributed by atoms with Crippen molar-refractivity contribution >= 4 is 34.8 Å². The third-order valence-corrected chi connectivity index (χ3v) is 7.24. The number of carbonyl (C=O) groups is 2. The lowest BCUT2D eigenvalue weighted by Gasteiger charge is -2.16. The van der Waals surface area contributed by atoms with E-state index in [1.807, 2.05) is 72.8 Å². The van der Waals surface area contributed by atoms with E-state index in [2.05, 4.69) is 5.32 Å². The highest BCUT2D eigenvalue weighted by molar-refractivity contribution is 6.30. The molecule has 0 fully saturated rings. The summed E-state index contributed by atoms with van der Waals surface area (Å²) < 4.78 is 5.95. The number of nitrogens with one attached hydrogen (secondary N) is 1. The van der Waals surface area contributed by atoms with Crippen LogP contribution in [0.3, 0.4) is 0 Å². The van der Waals surface area contributed by atoms with E-state index in [9.17, 15) is 9.59 Å². The molecule has 0 saturated carbocycles. The molecular formula is C35H26ClN3O3. The third-order valence-electron chi connectivity index (χ3n) is 6.98. The van der Waals surface area contributed by atoms with Gasteiger partial charge >= 0.3 is 6.03 Å². The fraction of sp³-hybridized carbons (Fsp3) is 0.0571. The van der Waals surface area contributed by atoms with Crippen LogP contribution in [-0.2, 0) is 0 Å². The molecule has 0 aliphatic carbocycles. The molecule has 1 aliphatic rings. The molecule has 1 unspecified atom stereocenters. The number of carbonyl (C=O) groups excluding carboxylic acids is 2. The van der Waals surface area contributed by atoms with Crippen LogP contribution in [0, 0.1) is 0 Å². The maximum atomic E-state index is 13.2. The second kappa shape index (κ2) is 12.1. The number of anilines is 1. The summed E-state index contributed by atoms with van der Waals surface area (Å²) in [5, 5.41) is 9.74. The summed E-state index contributed by atoms with van der Waals surface area (Å²) in [6, 6.07) is 40.5. The minimum atomic E-state index is -0.327. The van der Waals surface area contributed by atoms with Gasteiger partial charge in [-0.25, -0.2) is 9.80 Å². The van der Waals surface area contributed by atoms with Gasteiger partial charge in [0.1, 0.15) is 11.5 Å². The molecule has 0 aromatic heterocycles. The predicted octanol–water partition coefficient (Wildman–Crippen LogP) is 8.40. The van der Waals surface area contributed by atoms with Gasteiger partial charge in [-0.1, -0.05) is 84.4 Å². The Hall–Kier alpha value is -5.20. The summed E-state index contributed by atoms with van der Waals surface area (Å²) in [6.07, 6.45) is 0. The molecule has 1 N–H and O–H groups in total. The van der Waals surface area contributed by atoms with Crippen molar-refractivity contribution in [2.45, 2.75) is 5.92 Å². The quantitative estimate of drug-likeness (QED) is 0.199. The van der Waals surface area contributed by atoms with E-state index in [0.29, 0.717) is 39.9 Å². The van der Waals surface area contributed by atoms with Crippen molar-refractivity contribution in [3.63, 3.8) is 0 Å². The van der Waals surface area contributed by atoms with Gasteiger partial charge in [0.2, 0.25) is 0 Å². The Morgan fingerprint density at radius 2 is 1.29 bits per heavy atom. The molecule has 0 saturated heterocycles. The van der Waals surface area contributed by atoms with Gasteiger partial charge in [0.05, 0.1) is 12.3 Å². The van der Waals surface area contributed by atoms with Gasteiger partial charge in [0, 0.05) is 27.8 Å². The second-order valence-electron chi connectivity index (χ2n) is 9.81. The van der Waals surface area contributed by atoms with Crippen molar-refractivity contribution < 1.29 is 14.3 Å². The second-order valence-corrected chi connectivity index (χ2v) is 10.3. The van der Waals surface area contributed by atoms with Crippen molar-refractivity contribution in [2.75, 3.05) is 11.9 Å². The molecule has 1 aliphatic heterocycles. The molecule has 7 heteroatoms. The minimum absolute atomic E-state index is 0.0417. The first-order chi connectivity index (χ1) is 20.5. The van der Waals surface area contributed by atoms with Gasteiger partial charge in [-0.2, -0.15) is 5.10 Å². The van der Waals surface area contributed by atoms with Crippen LogP contribution in [-0.4, -0.2) is 29.1 Å². The van der Waals surface area contributed by atoms with E-state index in [1.54, 1.807) is 60.7 Å². The Morgan fingerprint density at radius 3 is 1.93 bits per heavy atom. The lowest BCUT2D eigenvalue weighted by molar-refractivity contribution is 0.103. The average molecular weight is 572 g/mol. The van der Waals surface area contributed by atoms with Crippen molar-refractivity contribution in [3.05, 3.63) is 161 Å². The molecule has 6 rings (SSSR count). The van der Waals surface area contributed by atoms with E-state index in [0.717, 1.165) is 16.8 Å². The SMILES string of the molecule is O=C(c1ccccc1)c1ccc(Oc2ccc(NC(=O)N3CC(c4ccccc4)C(c4ccc(Cl)cc4)=N3)cc2)cc1. The number of ether oxygens (including phenoxy) is 1. The number of hydrogen-bond acceptors (Lipinski definition) is 4. The Labute approximate surface area is 248 Å². The van der Waals surface area contributed by atoms with E-state index in [1.165, 1.54) is 5.01 Å². The van der Waals surface area contributed by atoms with Gasteiger partial charge in [-0.15, -0.1) is 0 Å².